The van der Waals surface area contributed by atoms with Crippen LogP contribution in [-0.4, -0.2) is 34.1 Å². The van der Waals surface area contributed by atoms with Crippen LogP contribution in [0.25, 0.3) is 28.0 Å². The van der Waals surface area contributed by atoms with Gasteiger partial charge in [0.05, 0.1) is 19.0 Å². The number of carbonyl (C=O) groups excluding carboxylic acids is 1. The highest BCUT2D eigenvalue weighted by molar-refractivity contribution is 5.90. The molecule has 2 N–H and O–H groups in total. The predicted octanol–water partition coefficient (Wildman–Crippen LogP) is 4.21. The lowest BCUT2D eigenvalue weighted by Gasteiger charge is -2.08. The first-order valence-corrected chi connectivity index (χ1v) is 9.30. The number of nitrogens with one attached hydrogen (secondary N) is 2. The Balaban J connectivity index is 1.65. The molecule has 0 bridgehead atoms. The van der Waals surface area contributed by atoms with Gasteiger partial charge in [-0.3, -0.25) is 4.40 Å². The van der Waals surface area contributed by atoms with Crippen LogP contribution >= 0.6 is 0 Å². The Labute approximate surface area is 168 Å². The first kappa shape index (κ1) is 18.5. The van der Waals surface area contributed by atoms with Crippen LogP contribution in [0.3, 0.4) is 0 Å². The molecule has 146 valence electrons. The molecule has 4 rings (SSSR count). The molecule has 0 aliphatic carbocycles. The summed E-state index contributed by atoms with van der Waals surface area (Å²) in [5, 5.41) is 5.56. The van der Waals surface area contributed by atoms with E-state index in [0.29, 0.717) is 12.4 Å². The second-order valence-electron chi connectivity index (χ2n) is 6.44. The highest BCUT2D eigenvalue weighted by Gasteiger charge is 2.09. The number of anilines is 1. The van der Waals surface area contributed by atoms with Gasteiger partial charge in [0, 0.05) is 41.8 Å². The van der Waals surface area contributed by atoms with Crippen molar-refractivity contribution in [2.45, 2.75) is 6.92 Å². The molecule has 2 amide bonds. The third-order valence-electron chi connectivity index (χ3n) is 4.55. The van der Waals surface area contributed by atoms with E-state index < -0.39 is 0 Å². The van der Waals surface area contributed by atoms with E-state index in [4.69, 9.17) is 4.74 Å². The lowest BCUT2D eigenvalue weighted by molar-refractivity contribution is 0.252. The molecule has 0 aliphatic rings. The Morgan fingerprint density at radius 3 is 2.69 bits per heavy atom. The van der Waals surface area contributed by atoms with Crippen LogP contribution in [0.4, 0.5) is 10.5 Å². The largest absolute Gasteiger partial charge is 0.481 e. The van der Waals surface area contributed by atoms with Gasteiger partial charge in [-0.25, -0.2) is 14.8 Å². The number of aromatic nitrogens is 3. The Kier molecular flexibility index (Phi) is 5.11. The van der Waals surface area contributed by atoms with Crippen molar-refractivity contribution >= 4 is 17.4 Å². The molecule has 7 nitrogen and oxygen atoms in total. The monoisotopic (exact) mass is 387 g/mol. The van der Waals surface area contributed by atoms with Crippen molar-refractivity contribution in [3.8, 4) is 28.3 Å². The maximum Gasteiger partial charge on any atom is 0.319 e. The van der Waals surface area contributed by atoms with E-state index in [0.717, 1.165) is 33.7 Å². The number of hydrogen-bond donors (Lipinski definition) is 2. The number of methoxy groups -OCH3 is 1. The summed E-state index contributed by atoms with van der Waals surface area (Å²) in [5.41, 5.74) is 5.48. The standard InChI is InChI=1S/C22H21N5O2/c1-3-23-22(28)26-18-6-4-5-16(11-18)19-14-24-20-12-15(9-10-27(19)20)17-7-8-21(29-2)25-13-17/h4-14H,3H2,1-2H3,(H2,23,26,28). The van der Waals surface area contributed by atoms with E-state index in [-0.39, 0.29) is 6.03 Å². The van der Waals surface area contributed by atoms with Gasteiger partial charge in [0.15, 0.2) is 0 Å². The fourth-order valence-electron chi connectivity index (χ4n) is 3.14. The molecule has 3 aromatic heterocycles. The normalized spacial score (nSPS) is 10.7. The van der Waals surface area contributed by atoms with Gasteiger partial charge in [0.25, 0.3) is 0 Å². The average Bonchev–Trinajstić information content (AvgIpc) is 3.17. The fraction of sp³-hybridized carbons (Fsp3) is 0.136. The average molecular weight is 387 g/mol. The van der Waals surface area contributed by atoms with Crippen LogP contribution < -0.4 is 15.4 Å². The molecule has 0 unspecified atom stereocenters. The third kappa shape index (κ3) is 3.89. The summed E-state index contributed by atoms with van der Waals surface area (Å²) < 4.78 is 7.14. The molecule has 0 saturated carbocycles. The van der Waals surface area contributed by atoms with Crippen molar-refractivity contribution in [2.24, 2.45) is 0 Å². The van der Waals surface area contributed by atoms with Crippen molar-refractivity contribution in [3.05, 3.63) is 67.1 Å². The van der Waals surface area contributed by atoms with Crippen molar-refractivity contribution in [1.29, 1.82) is 0 Å². The third-order valence-corrected chi connectivity index (χ3v) is 4.55. The Morgan fingerprint density at radius 1 is 1.03 bits per heavy atom. The van der Waals surface area contributed by atoms with Crippen LogP contribution in [0.1, 0.15) is 6.92 Å². The molecule has 0 saturated heterocycles. The van der Waals surface area contributed by atoms with E-state index >= 15 is 0 Å². The van der Waals surface area contributed by atoms with Crippen LogP contribution in [-0.2, 0) is 0 Å². The number of urea groups is 1. The van der Waals surface area contributed by atoms with E-state index in [9.17, 15) is 4.79 Å². The number of imidazole rings is 1. The summed E-state index contributed by atoms with van der Waals surface area (Å²) in [5.74, 6) is 0.582. The highest BCUT2D eigenvalue weighted by Crippen LogP contribution is 2.27. The number of carbonyl (C=O) groups is 1. The summed E-state index contributed by atoms with van der Waals surface area (Å²) in [6.45, 7) is 2.45. The molecule has 0 radical (unpaired) electrons. The number of nitrogens with zero attached hydrogens (tertiary/aromatic N) is 3. The van der Waals surface area contributed by atoms with E-state index in [1.54, 1.807) is 13.3 Å². The van der Waals surface area contributed by atoms with Crippen molar-refractivity contribution in [3.63, 3.8) is 0 Å². The molecule has 0 atom stereocenters. The first-order valence-electron chi connectivity index (χ1n) is 9.30. The van der Waals surface area contributed by atoms with Crippen LogP contribution in [0.5, 0.6) is 5.88 Å². The topological polar surface area (TPSA) is 80.5 Å². The number of fused-ring (bicyclic) bond motifs is 1. The van der Waals surface area contributed by atoms with Gasteiger partial charge >= 0.3 is 6.03 Å². The molecule has 0 fully saturated rings. The summed E-state index contributed by atoms with van der Waals surface area (Å²) >= 11 is 0. The van der Waals surface area contributed by atoms with Crippen LogP contribution in [0.15, 0.2) is 67.1 Å². The first-order chi connectivity index (χ1) is 14.2. The summed E-state index contributed by atoms with van der Waals surface area (Å²) in [6, 6.07) is 15.3. The minimum absolute atomic E-state index is 0.222. The number of hydrogen-bond acceptors (Lipinski definition) is 4. The summed E-state index contributed by atoms with van der Waals surface area (Å²) in [4.78, 5) is 20.6. The lowest BCUT2D eigenvalue weighted by atomic mass is 10.1. The maximum absolute atomic E-state index is 11.8. The summed E-state index contributed by atoms with van der Waals surface area (Å²) in [7, 11) is 1.60. The van der Waals surface area contributed by atoms with E-state index in [1.807, 2.05) is 72.2 Å². The zero-order valence-corrected chi connectivity index (χ0v) is 16.2. The molecule has 0 aliphatic heterocycles. The van der Waals surface area contributed by atoms with Gasteiger partial charge in [-0.2, -0.15) is 0 Å². The van der Waals surface area contributed by atoms with E-state index in [1.165, 1.54) is 0 Å². The zero-order chi connectivity index (χ0) is 20.2. The number of benzene rings is 1. The molecular weight excluding hydrogens is 366 g/mol. The molecule has 0 spiro atoms. The van der Waals surface area contributed by atoms with Gasteiger partial charge in [-0.1, -0.05) is 12.1 Å². The van der Waals surface area contributed by atoms with Crippen LogP contribution in [0.2, 0.25) is 0 Å². The minimum atomic E-state index is -0.222. The number of ether oxygens (including phenoxy) is 1. The van der Waals surface area contributed by atoms with Gasteiger partial charge in [-0.05, 0) is 42.8 Å². The molecule has 4 aromatic rings. The van der Waals surface area contributed by atoms with Crippen LogP contribution in [0, 0.1) is 0 Å². The number of rotatable bonds is 5. The molecule has 29 heavy (non-hydrogen) atoms. The van der Waals surface area contributed by atoms with Crippen molar-refractivity contribution in [1.82, 2.24) is 19.7 Å². The second kappa shape index (κ2) is 8.02. The Bertz CT molecular complexity index is 1150. The molecule has 3 heterocycles. The maximum atomic E-state index is 11.8. The Morgan fingerprint density at radius 2 is 1.93 bits per heavy atom. The Hall–Kier alpha value is -3.87. The lowest BCUT2D eigenvalue weighted by Crippen LogP contribution is -2.28. The SMILES string of the molecule is CCNC(=O)Nc1cccc(-c2cnc3cc(-c4ccc(OC)nc4)ccn23)c1. The fourth-order valence-corrected chi connectivity index (χ4v) is 3.14. The molecular formula is C22H21N5O2. The quantitative estimate of drug-likeness (QED) is 0.537. The smallest absolute Gasteiger partial charge is 0.319 e. The molecule has 7 heteroatoms. The number of amides is 2. The van der Waals surface area contributed by atoms with Gasteiger partial charge in [0.1, 0.15) is 5.65 Å². The van der Waals surface area contributed by atoms with E-state index in [2.05, 4.69) is 20.6 Å². The zero-order valence-electron chi connectivity index (χ0n) is 16.2. The molecule has 1 aromatic carbocycles. The van der Waals surface area contributed by atoms with Gasteiger partial charge in [-0.15, -0.1) is 0 Å². The highest BCUT2D eigenvalue weighted by atomic mass is 16.5. The predicted molar refractivity (Wildman–Crippen MR) is 113 cm³/mol. The second-order valence-corrected chi connectivity index (χ2v) is 6.44. The van der Waals surface area contributed by atoms with Gasteiger partial charge in [0.2, 0.25) is 5.88 Å². The minimum Gasteiger partial charge on any atom is -0.481 e. The summed E-state index contributed by atoms with van der Waals surface area (Å²) in [6.07, 6.45) is 5.60. The number of pyridine rings is 2. The van der Waals surface area contributed by atoms with Crippen molar-refractivity contribution in [2.75, 3.05) is 19.0 Å². The van der Waals surface area contributed by atoms with Gasteiger partial charge < -0.3 is 15.4 Å². The van der Waals surface area contributed by atoms with Crippen molar-refractivity contribution < 1.29 is 9.53 Å².